The fourth-order valence-corrected chi connectivity index (χ4v) is 3.16. The zero-order chi connectivity index (χ0) is 32.7. The zero-order valence-electron chi connectivity index (χ0n) is 28.8. The van der Waals surface area contributed by atoms with Crippen molar-refractivity contribution in [2.45, 2.75) is 40.2 Å². The summed E-state index contributed by atoms with van der Waals surface area (Å²) in [5, 5.41) is 0. The van der Waals surface area contributed by atoms with E-state index in [-0.39, 0.29) is 6.10 Å². The van der Waals surface area contributed by atoms with Gasteiger partial charge in [-0.2, -0.15) is 0 Å². The maximum Gasteiger partial charge on any atom is 0.0703 e. The first kappa shape index (κ1) is 44.5. The molecule has 1 unspecified atom stereocenters. The Kier molecular flexibility index (Phi) is 39.2. The molecule has 0 aromatic carbocycles. The Morgan fingerprint density at radius 1 is 0.289 bits per heavy atom. The lowest BCUT2D eigenvalue weighted by Gasteiger charge is -2.10. The van der Waals surface area contributed by atoms with Gasteiger partial charge in [-0.05, 0) is 19.8 Å². The van der Waals surface area contributed by atoms with Gasteiger partial charge in [-0.3, -0.25) is 0 Å². The summed E-state index contributed by atoms with van der Waals surface area (Å²) in [6.45, 7) is 22.1. The normalized spacial score (nSPS) is 12.5. The molecular formula is C32H66O13. The van der Waals surface area contributed by atoms with Gasteiger partial charge in [-0.15, -0.1) is 0 Å². The molecule has 0 saturated heterocycles. The van der Waals surface area contributed by atoms with Crippen LogP contribution in [0.1, 0.15) is 34.1 Å². The van der Waals surface area contributed by atoms with Crippen LogP contribution < -0.4 is 0 Å². The molecule has 0 aromatic heterocycles. The van der Waals surface area contributed by atoms with E-state index in [1.807, 2.05) is 13.8 Å². The van der Waals surface area contributed by atoms with Crippen LogP contribution in [0, 0.1) is 5.92 Å². The van der Waals surface area contributed by atoms with Crippen molar-refractivity contribution >= 4 is 0 Å². The first-order valence-electron chi connectivity index (χ1n) is 16.7. The van der Waals surface area contributed by atoms with Gasteiger partial charge in [0.15, 0.2) is 0 Å². The van der Waals surface area contributed by atoms with Gasteiger partial charge in [0, 0.05) is 6.61 Å². The van der Waals surface area contributed by atoms with E-state index < -0.39 is 0 Å². The third-order valence-corrected chi connectivity index (χ3v) is 5.87. The van der Waals surface area contributed by atoms with E-state index in [9.17, 15) is 0 Å². The van der Waals surface area contributed by atoms with Gasteiger partial charge in [-0.1, -0.05) is 20.3 Å². The molecule has 0 bridgehead atoms. The Balaban J connectivity index is 3.05. The SMILES string of the molecule is CCC(C)COCCOCCOCCOCCOCCOCCOCCOCCOCCOCCOCCOCCOC(C)C. The molecule has 0 rings (SSSR count). The molecule has 1 atom stereocenters. The summed E-state index contributed by atoms with van der Waals surface area (Å²) in [7, 11) is 0. The molecular weight excluding hydrogens is 592 g/mol. The van der Waals surface area contributed by atoms with Gasteiger partial charge < -0.3 is 61.6 Å². The molecule has 13 heteroatoms. The fourth-order valence-electron chi connectivity index (χ4n) is 3.16. The Bertz CT molecular complexity index is 531. The summed E-state index contributed by atoms with van der Waals surface area (Å²) < 4.78 is 71.1. The van der Waals surface area contributed by atoms with E-state index in [1.165, 1.54) is 0 Å². The quantitative estimate of drug-likeness (QED) is 0.0899. The molecule has 0 saturated carbocycles. The van der Waals surface area contributed by atoms with Gasteiger partial charge in [0.05, 0.1) is 165 Å². The largest absolute Gasteiger partial charge is 0.379 e. The van der Waals surface area contributed by atoms with E-state index in [0.29, 0.717) is 164 Å². The first-order valence-corrected chi connectivity index (χ1v) is 16.7. The van der Waals surface area contributed by atoms with Crippen molar-refractivity contribution in [3.63, 3.8) is 0 Å². The molecule has 272 valence electrons. The molecule has 45 heavy (non-hydrogen) atoms. The lowest BCUT2D eigenvalue weighted by molar-refractivity contribution is -0.0299. The molecule has 0 radical (unpaired) electrons. The maximum atomic E-state index is 5.53. The highest BCUT2D eigenvalue weighted by Crippen LogP contribution is 2.00. The fraction of sp³-hybridized carbons (Fsp3) is 1.00. The van der Waals surface area contributed by atoms with Crippen LogP contribution in [0.4, 0.5) is 0 Å². The summed E-state index contributed by atoms with van der Waals surface area (Å²) >= 11 is 0. The Labute approximate surface area is 273 Å². The minimum Gasteiger partial charge on any atom is -0.379 e. The van der Waals surface area contributed by atoms with Crippen LogP contribution in [0.3, 0.4) is 0 Å². The molecule has 0 heterocycles. The molecule has 0 amide bonds. The molecule has 0 aliphatic rings. The standard InChI is InChI=1S/C32H66O13/c1-5-32(4)30-44-27-26-42-23-22-40-19-18-38-15-14-36-11-10-34-7-6-33-8-9-35-12-13-37-16-17-39-20-21-41-24-25-43-28-29-45-31(2)3/h31-32H,5-30H2,1-4H3. The summed E-state index contributed by atoms with van der Waals surface area (Å²) in [5.41, 5.74) is 0. The van der Waals surface area contributed by atoms with Crippen molar-refractivity contribution in [3.05, 3.63) is 0 Å². The van der Waals surface area contributed by atoms with Crippen LogP contribution >= 0.6 is 0 Å². The van der Waals surface area contributed by atoms with Crippen LogP contribution in [0.5, 0.6) is 0 Å². The predicted molar refractivity (Wildman–Crippen MR) is 170 cm³/mol. The lowest BCUT2D eigenvalue weighted by Crippen LogP contribution is -2.16. The van der Waals surface area contributed by atoms with Crippen LogP contribution in [-0.2, 0) is 61.6 Å². The van der Waals surface area contributed by atoms with Crippen molar-refractivity contribution in [1.82, 2.24) is 0 Å². The summed E-state index contributed by atoms with van der Waals surface area (Å²) in [4.78, 5) is 0. The van der Waals surface area contributed by atoms with E-state index in [1.54, 1.807) is 0 Å². The Morgan fingerprint density at radius 2 is 0.489 bits per heavy atom. The second kappa shape index (κ2) is 39.7. The minimum absolute atomic E-state index is 0.232. The molecule has 13 nitrogen and oxygen atoms in total. The number of hydrogen-bond acceptors (Lipinski definition) is 13. The third-order valence-electron chi connectivity index (χ3n) is 5.87. The molecule has 0 spiro atoms. The van der Waals surface area contributed by atoms with E-state index in [2.05, 4.69) is 13.8 Å². The molecule has 0 N–H and O–H groups in total. The van der Waals surface area contributed by atoms with Gasteiger partial charge in [-0.25, -0.2) is 0 Å². The summed E-state index contributed by atoms with van der Waals surface area (Å²) in [5.74, 6) is 0.598. The van der Waals surface area contributed by atoms with Gasteiger partial charge in [0.1, 0.15) is 0 Å². The summed E-state index contributed by atoms with van der Waals surface area (Å²) in [6.07, 6.45) is 1.37. The summed E-state index contributed by atoms with van der Waals surface area (Å²) in [6, 6.07) is 0. The van der Waals surface area contributed by atoms with Gasteiger partial charge in [0.25, 0.3) is 0 Å². The van der Waals surface area contributed by atoms with E-state index >= 15 is 0 Å². The second-order valence-corrected chi connectivity index (χ2v) is 10.2. The Morgan fingerprint density at radius 3 is 0.689 bits per heavy atom. The van der Waals surface area contributed by atoms with Crippen molar-refractivity contribution < 1.29 is 61.6 Å². The van der Waals surface area contributed by atoms with Crippen LogP contribution in [0.15, 0.2) is 0 Å². The number of rotatable bonds is 40. The van der Waals surface area contributed by atoms with Crippen molar-refractivity contribution in [2.75, 3.05) is 165 Å². The minimum atomic E-state index is 0.232. The van der Waals surface area contributed by atoms with E-state index in [0.717, 1.165) is 13.0 Å². The van der Waals surface area contributed by atoms with E-state index in [4.69, 9.17) is 61.6 Å². The average molecular weight is 659 g/mol. The Hall–Kier alpha value is -0.520. The van der Waals surface area contributed by atoms with Crippen LogP contribution in [0.25, 0.3) is 0 Å². The maximum absolute atomic E-state index is 5.53. The van der Waals surface area contributed by atoms with Crippen molar-refractivity contribution in [2.24, 2.45) is 5.92 Å². The average Bonchev–Trinajstić information content (AvgIpc) is 3.03. The van der Waals surface area contributed by atoms with Gasteiger partial charge in [0.2, 0.25) is 0 Å². The second-order valence-electron chi connectivity index (χ2n) is 10.2. The molecule has 0 fully saturated rings. The lowest BCUT2D eigenvalue weighted by atomic mass is 10.1. The zero-order valence-corrected chi connectivity index (χ0v) is 28.8. The van der Waals surface area contributed by atoms with Gasteiger partial charge >= 0.3 is 0 Å². The molecule has 0 aromatic rings. The highest BCUT2D eigenvalue weighted by molar-refractivity contribution is 4.46. The van der Waals surface area contributed by atoms with Crippen LogP contribution in [0.2, 0.25) is 0 Å². The van der Waals surface area contributed by atoms with Crippen LogP contribution in [-0.4, -0.2) is 171 Å². The first-order chi connectivity index (χ1) is 22.2. The monoisotopic (exact) mass is 658 g/mol. The van der Waals surface area contributed by atoms with Crippen molar-refractivity contribution in [3.8, 4) is 0 Å². The highest BCUT2D eigenvalue weighted by Gasteiger charge is 1.99. The number of hydrogen-bond donors (Lipinski definition) is 0. The third kappa shape index (κ3) is 41.5. The topological polar surface area (TPSA) is 120 Å². The molecule has 0 aliphatic heterocycles. The highest BCUT2D eigenvalue weighted by atomic mass is 16.6. The number of ether oxygens (including phenoxy) is 13. The predicted octanol–water partition coefficient (Wildman–Crippen LogP) is 2.66. The smallest absolute Gasteiger partial charge is 0.0703 e. The molecule has 0 aliphatic carbocycles. The van der Waals surface area contributed by atoms with Crippen molar-refractivity contribution in [1.29, 1.82) is 0 Å².